The van der Waals surface area contributed by atoms with Crippen molar-refractivity contribution in [3.05, 3.63) is 71.5 Å². The molecule has 3 rings (SSSR count). The van der Waals surface area contributed by atoms with Crippen molar-refractivity contribution in [3.8, 4) is 16.8 Å². The molecular formula is C19H18ClN3O2. The van der Waals surface area contributed by atoms with Gasteiger partial charge in [0.15, 0.2) is 0 Å². The first-order chi connectivity index (χ1) is 12.2. The molecule has 1 heterocycles. The van der Waals surface area contributed by atoms with Crippen molar-refractivity contribution in [1.82, 2.24) is 15.1 Å². The summed E-state index contributed by atoms with van der Waals surface area (Å²) >= 11 is 5.92. The van der Waals surface area contributed by atoms with E-state index in [0.29, 0.717) is 23.7 Å². The molecule has 1 N–H and O–H groups in total. The standard InChI is InChI=1S/C19H18ClN3O2/c1-25-11-10-21-19(24)15-4-8-18(9-5-15)23-13-16(12-22-23)14-2-6-17(20)7-3-14/h2-9,12-13H,10-11H2,1H3,(H,21,24). The Bertz CT molecular complexity index is 842. The highest BCUT2D eigenvalue weighted by Crippen LogP contribution is 2.22. The van der Waals surface area contributed by atoms with E-state index in [-0.39, 0.29) is 5.91 Å². The Balaban J connectivity index is 1.72. The van der Waals surface area contributed by atoms with Gasteiger partial charge in [-0.2, -0.15) is 5.10 Å². The fourth-order valence-corrected chi connectivity index (χ4v) is 2.52. The molecule has 1 aromatic heterocycles. The summed E-state index contributed by atoms with van der Waals surface area (Å²) in [7, 11) is 1.60. The predicted molar refractivity (Wildman–Crippen MR) is 98.2 cm³/mol. The number of nitrogens with zero attached hydrogens (tertiary/aromatic N) is 2. The zero-order valence-corrected chi connectivity index (χ0v) is 14.5. The Hall–Kier alpha value is -2.63. The van der Waals surface area contributed by atoms with E-state index in [4.69, 9.17) is 16.3 Å². The molecule has 0 saturated carbocycles. The highest BCUT2D eigenvalue weighted by Gasteiger charge is 2.07. The lowest BCUT2D eigenvalue weighted by Gasteiger charge is -2.06. The first-order valence-electron chi connectivity index (χ1n) is 7.85. The minimum absolute atomic E-state index is 0.120. The lowest BCUT2D eigenvalue weighted by atomic mass is 10.1. The van der Waals surface area contributed by atoms with Gasteiger partial charge in [0.05, 0.1) is 18.5 Å². The van der Waals surface area contributed by atoms with Crippen LogP contribution in [0.3, 0.4) is 0 Å². The number of hydrogen-bond acceptors (Lipinski definition) is 3. The highest BCUT2D eigenvalue weighted by atomic mass is 35.5. The summed E-state index contributed by atoms with van der Waals surface area (Å²) in [5.41, 5.74) is 3.53. The van der Waals surface area contributed by atoms with Crippen LogP contribution in [0.25, 0.3) is 16.8 Å². The molecule has 0 atom stereocenters. The van der Waals surface area contributed by atoms with Crippen LogP contribution in [0.4, 0.5) is 0 Å². The zero-order chi connectivity index (χ0) is 17.6. The van der Waals surface area contributed by atoms with Gasteiger partial charge in [-0.05, 0) is 42.0 Å². The van der Waals surface area contributed by atoms with Crippen LogP contribution in [-0.2, 0) is 4.74 Å². The van der Waals surface area contributed by atoms with E-state index in [1.165, 1.54) is 0 Å². The Kier molecular flexibility index (Phi) is 5.48. The van der Waals surface area contributed by atoms with Crippen LogP contribution in [0, 0.1) is 0 Å². The summed E-state index contributed by atoms with van der Waals surface area (Å²) in [6, 6.07) is 14.9. The van der Waals surface area contributed by atoms with Crippen molar-refractivity contribution >= 4 is 17.5 Å². The van der Waals surface area contributed by atoms with Crippen molar-refractivity contribution in [2.24, 2.45) is 0 Å². The number of rotatable bonds is 6. The van der Waals surface area contributed by atoms with Gasteiger partial charge < -0.3 is 10.1 Å². The van der Waals surface area contributed by atoms with Crippen molar-refractivity contribution in [2.45, 2.75) is 0 Å². The van der Waals surface area contributed by atoms with Crippen LogP contribution in [0.5, 0.6) is 0 Å². The number of carbonyl (C=O) groups excluding carboxylic acids is 1. The van der Waals surface area contributed by atoms with Gasteiger partial charge in [-0.3, -0.25) is 4.79 Å². The third-order valence-corrected chi connectivity index (χ3v) is 4.00. The van der Waals surface area contributed by atoms with Gasteiger partial charge in [-0.1, -0.05) is 23.7 Å². The molecule has 0 bridgehead atoms. The zero-order valence-electron chi connectivity index (χ0n) is 13.8. The summed E-state index contributed by atoms with van der Waals surface area (Å²) in [5, 5.41) is 7.88. The molecule has 128 valence electrons. The van der Waals surface area contributed by atoms with E-state index >= 15 is 0 Å². The van der Waals surface area contributed by atoms with Gasteiger partial charge >= 0.3 is 0 Å². The average Bonchev–Trinajstić information content (AvgIpc) is 3.13. The molecule has 0 aliphatic carbocycles. The molecule has 25 heavy (non-hydrogen) atoms. The fourth-order valence-electron chi connectivity index (χ4n) is 2.39. The summed E-state index contributed by atoms with van der Waals surface area (Å²) in [4.78, 5) is 12.0. The van der Waals surface area contributed by atoms with Crippen molar-refractivity contribution < 1.29 is 9.53 Å². The number of ether oxygens (including phenoxy) is 1. The SMILES string of the molecule is COCCNC(=O)c1ccc(-n2cc(-c3ccc(Cl)cc3)cn2)cc1. The third-order valence-electron chi connectivity index (χ3n) is 3.75. The molecule has 6 heteroatoms. The Morgan fingerprint density at radius 1 is 1.12 bits per heavy atom. The molecule has 0 radical (unpaired) electrons. The quantitative estimate of drug-likeness (QED) is 0.688. The predicted octanol–water partition coefficient (Wildman–Crippen LogP) is 3.57. The number of benzene rings is 2. The van der Waals surface area contributed by atoms with Crippen molar-refractivity contribution in [2.75, 3.05) is 20.3 Å². The van der Waals surface area contributed by atoms with E-state index < -0.39 is 0 Å². The maximum Gasteiger partial charge on any atom is 0.251 e. The topological polar surface area (TPSA) is 56.1 Å². The monoisotopic (exact) mass is 355 g/mol. The first-order valence-corrected chi connectivity index (χ1v) is 8.23. The summed E-state index contributed by atoms with van der Waals surface area (Å²) in [6.07, 6.45) is 3.74. The van der Waals surface area contributed by atoms with Gasteiger partial charge in [0.25, 0.3) is 5.91 Å². The highest BCUT2D eigenvalue weighted by molar-refractivity contribution is 6.30. The molecule has 0 spiro atoms. The minimum Gasteiger partial charge on any atom is -0.383 e. The van der Waals surface area contributed by atoms with Crippen LogP contribution in [-0.4, -0.2) is 35.9 Å². The van der Waals surface area contributed by atoms with Gasteiger partial charge in [0.2, 0.25) is 0 Å². The number of methoxy groups -OCH3 is 1. The molecule has 3 aromatic rings. The smallest absolute Gasteiger partial charge is 0.251 e. The number of nitrogens with one attached hydrogen (secondary N) is 1. The second-order valence-corrected chi connectivity index (χ2v) is 5.91. The molecule has 0 unspecified atom stereocenters. The van der Waals surface area contributed by atoms with Crippen LogP contribution < -0.4 is 5.32 Å². The Morgan fingerprint density at radius 3 is 2.52 bits per heavy atom. The Morgan fingerprint density at radius 2 is 1.84 bits per heavy atom. The summed E-state index contributed by atoms with van der Waals surface area (Å²) in [5.74, 6) is -0.120. The minimum atomic E-state index is -0.120. The van der Waals surface area contributed by atoms with Gasteiger partial charge in [0, 0.05) is 36.0 Å². The van der Waals surface area contributed by atoms with Crippen molar-refractivity contribution in [1.29, 1.82) is 0 Å². The molecule has 0 fully saturated rings. The normalized spacial score (nSPS) is 10.6. The molecular weight excluding hydrogens is 338 g/mol. The van der Waals surface area contributed by atoms with Gasteiger partial charge in [-0.15, -0.1) is 0 Å². The van der Waals surface area contributed by atoms with E-state index in [9.17, 15) is 4.79 Å². The largest absolute Gasteiger partial charge is 0.383 e. The van der Waals surface area contributed by atoms with Gasteiger partial charge in [-0.25, -0.2) is 4.68 Å². The molecule has 0 saturated heterocycles. The lowest BCUT2D eigenvalue weighted by molar-refractivity contribution is 0.0937. The average molecular weight is 356 g/mol. The Labute approximate surface area is 151 Å². The maximum atomic E-state index is 12.0. The molecule has 0 aliphatic rings. The molecule has 1 amide bonds. The van der Waals surface area contributed by atoms with E-state index in [0.717, 1.165) is 16.8 Å². The van der Waals surface area contributed by atoms with Gasteiger partial charge in [0.1, 0.15) is 0 Å². The van der Waals surface area contributed by atoms with Crippen LogP contribution in [0.2, 0.25) is 5.02 Å². The molecule has 5 nitrogen and oxygen atoms in total. The first kappa shape index (κ1) is 17.2. The second-order valence-electron chi connectivity index (χ2n) is 5.48. The summed E-state index contributed by atoms with van der Waals surface area (Å²) in [6.45, 7) is 0.977. The number of amides is 1. The van der Waals surface area contributed by atoms with E-state index in [1.807, 2.05) is 42.6 Å². The summed E-state index contributed by atoms with van der Waals surface area (Å²) < 4.78 is 6.69. The maximum absolute atomic E-state index is 12.0. The van der Waals surface area contributed by atoms with Crippen LogP contribution >= 0.6 is 11.6 Å². The number of carbonyl (C=O) groups is 1. The lowest BCUT2D eigenvalue weighted by Crippen LogP contribution is -2.26. The van der Waals surface area contributed by atoms with Crippen molar-refractivity contribution in [3.63, 3.8) is 0 Å². The molecule has 2 aromatic carbocycles. The number of halogens is 1. The fraction of sp³-hybridized carbons (Fsp3) is 0.158. The molecule has 0 aliphatic heterocycles. The number of aromatic nitrogens is 2. The van der Waals surface area contributed by atoms with E-state index in [2.05, 4.69) is 10.4 Å². The number of hydrogen-bond donors (Lipinski definition) is 1. The third kappa shape index (κ3) is 4.26. The van der Waals surface area contributed by atoms with E-state index in [1.54, 1.807) is 30.1 Å². The van der Waals surface area contributed by atoms with Crippen LogP contribution in [0.1, 0.15) is 10.4 Å². The van der Waals surface area contributed by atoms with Crippen LogP contribution in [0.15, 0.2) is 60.9 Å². The second kappa shape index (κ2) is 7.96.